The van der Waals surface area contributed by atoms with Crippen molar-refractivity contribution in [1.29, 1.82) is 0 Å². The second-order valence-corrected chi connectivity index (χ2v) is 28.0. The zero-order valence-corrected chi connectivity index (χ0v) is 57.2. The highest BCUT2D eigenvalue weighted by Gasteiger charge is 2.33. The topological polar surface area (TPSA) is 242 Å². The van der Waals surface area contributed by atoms with E-state index in [1.165, 1.54) is 4.57 Å². The van der Waals surface area contributed by atoms with Crippen LogP contribution in [0.25, 0.3) is 33.2 Å². The molecule has 0 saturated heterocycles. The third-order valence-electron chi connectivity index (χ3n) is 13.9. The van der Waals surface area contributed by atoms with E-state index in [-0.39, 0.29) is 61.8 Å². The molecule has 0 aliphatic carbocycles. The average Bonchev–Trinajstić information content (AvgIpc) is 1.06. The fourth-order valence-electron chi connectivity index (χ4n) is 9.73. The highest BCUT2D eigenvalue weighted by Crippen LogP contribution is 2.32. The molecule has 0 radical (unpaired) electrons. The van der Waals surface area contributed by atoms with Crippen LogP contribution in [0, 0.1) is 0 Å². The van der Waals surface area contributed by atoms with Crippen LogP contribution in [0.5, 0.6) is 11.5 Å². The lowest BCUT2D eigenvalue weighted by Gasteiger charge is -2.34. The van der Waals surface area contributed by atoms with Gasteiger partial charge in [0.1, 0.15) is 23.1 Å². The Hall–Kier alpha value is -6.67. The Bertz CT molecular complexity index is 4140. The molecule has 2 aromatic heterocycles. The molecule has 488 valence electrons. The first-order valence-corrected chi connectivity index (χ1v) is 35.0. The van der Waals surface area contributed by atoms with Crippen molar-refractivity contribution < 1.29 is 35.9 Å². The zero-order valence-electron chi connectivity index (χ0n) is 51.8. The quantitative estimate of drug-likeness (QED) is 0.0479. The number of hydrogen-bond acceptors (Lipinski definition) is 15. The van der Waals surface area contributed by atoms with Gasteiger partial charge in [0.15, 0.2) is 0 Å². The number of aromatic nitrogens is 4. The monoisotopic (exact) mass is 1380 g/mol. The number of likely N-dealkylation sites (N-methyl/N-ethyl adjacent to an activating group) is 2. The number of carbonyl (C=O) groups excluding carboxylic acids is 2. The summed E-state index contributed by atoms with van der Waals surface area (Å²) in [7, 11) is 5.46. The molecule has 2 atom stereocenters. The summed E-state index contributed by atoms with van der Waals surface area (Å²) in [6, 6.07) is 37.4. The van der Waals surface area contributed by atoms with Gasteiger partial charge in [0.2, 0.25) is 30.9 Å². The lowest BCUT2D eigenvalue weighted by atomic mass is 10.1. The number of nitrogens with zero attached hydrogens (tertiary/aromatic N) is 8. The van der Waals surface area contributed by atoms with Crippen LogP contribution >= 0.6 is 57.1 Å². The number of fused-ring (bicyclic) bond motifs is 2. The smallest absolute Gasteiger partial charge is 0.266 e. The van der Waals surface area contributed by atoms with E-state index in [1.807, 2.05) is 94.3 Å². The summed E-state index contributed by atoms with van der Waals surface area (Å²) < 4.78 is 59.8. The molecule has 3 N–H and O–H groups in total. The first kappa shape index (κ1) is 73.4. The molecule has 91 heavy (non-hydrogen) atoms. The number of benzene rings is 6. The number of para-hydroxylation sites is 2. The minimum Gasteiger partial charge on any atom is -0.494 e. The van der Waals surface area contributed by atoms with Gasteiger partial charge >= 0.3 is 0 Å². The van der Waals surface area contributed by atoms with Gasteiger partial charge in [-0.2, -0.15) is 0 Å². The molecule has 2 heterocycles. The van der Waals surface area contributed by atoms with E-state index in [0.29, 0.717) is 121 Å². The summed E-state index contributed by atoms with van der Waals surface area (Å²) in [5, 5.41) is 2.41. The van der Waals surface area contributed by atoms with Gasteiger partial charge in [-0.25, -0.2) is 31.5 Å². The van der Waals surface area contributed by atoms with E-state index in [2.05, 4.69) is 15.4 Å². The maximum Gasteiger partial charge on any atom is 0.266 e. The summed E-state index contributed by atoms with van der Waals surface area (Å²) in [4.78, 5) is 73.6. The number of halogens is 5. The van der Waals surface area contributed by atoms with Crippen LogP contribution in [0.15, 0.2) is 143 Å². The van der Waals surface area contributed by atoms with E-state index >= 15 is 0 Å². The summed E-state index contributed by atoms with van der Waals surface area (Å²) in [5.41, 5.74) is 9.16. The van der Waals surface area contributed by atoms with Gasteiger partial charge in [0, 0.05) is 43.4 Å². The molecule has 0 bridgehead atoms. The summed E-state index contributed by atoms with van der Waals surface area (Å²) >= 11 is 24.7. The fourth-order valence-corrected chi connectivity index (χ4v) is 10.9. The van der Waals surface area contributed by atoms with E-state index in [4.69, 9.17) is 71.6 Å². The van der Waals surface area contributed by atoms with Crippen molar-refractivity contribution in [2.75, 3.05) is 93.2 Å². The standard InChI is InChI=1S/C32H37Cl2N5O5S.C31H35Cl2N5O3.CH3ClO2S/c1-5-44-24-13-11-23(12-14-24)39-31(36-28-9-7-6-8-25(28)32(39)41)29(16-17-35-45(4,42)43)38(19-18-37(2)3)30(40)21-22-10-15-26(33)27(34)20-22;1-4-41-23-12-10-22(11-13-23)38-30(35-27-8-6-5-7-24(27)31(38)40)28(15-16-34)37(18-17-36(2)3)29(39)20-21-9-14-25(32)26(33)19-21;1-5(2,3)4/h6-15,20,29,35H,5,16-19,21H2,1-4H3;5-14,19,28H,4,15-18,20,34H2,1-3H3;1H3. The second-order valence-electron chi connectivity index (χ2n) is 21.5. The van der Waals surface area contributed by atoms with Crippen molar-refractivity contribution in [2.45, 2.75) is 51.6 Å². The second kappa shape index (κ2) is 34.3. The summed E-state index contributed by atoms with van der Waals surface area (Å²) in [5.74, 6) is 1.71. The highest BCUT2D eigenvalue weighted by atomic mass is 35.7. The van der Waals surface area contributed by atoms with Gasteiger partial charge in [0.05, 0.1) is 104 Å². The molecule has 0 aliphatic rings. The van der Waals surface area contributed by atoms with Crippen molar-refractivity contribution in [3.8, 4) is 22.9 Å². The lowest BCUT2D eigenvalue weighted by molar-refractivity contribution is -0.134. The van der Waals surface area contributed by atoms with Crippen LogP contribution in [0.4, 0.5) is 0 Å². The Morgan fingerprint density at radius 3 is 1.27 bits per heavy atom. The van der Waals surface area contributed by atoms with Gasteiger partial charge in [0.25, 0.3) is 11.1 Å². The number of amides is 2. The highest BCUT2D eigenvalue weighted by molar-refractivity contribution is 8.13. The van der Waals surface area contributed by atoms with Gasteiger partial charge in [-0.1, -0.05) is 82.8 Å². The predicted octanol–water partition coefficient (Wildman–Crippen LogP) is 10.0. The van der Waals surface area contributed by atoms with E-state index in [0.717, 1.165) is 18.1 Å². The maximum absolute atomic E-state index is 14.2. The number of sulfonamides is 1. The zero-order chi connectivity index (χ0) is 66.7. The van der Waals surface area contributed by atoms with Gasteiger partial charge in [-0.3, -0.25) is 28.3 Å². The molecule has 27 heteroatoms. The maximum atomic E-state index is 14.2. The first-order valence-electron chi connectivity index (χ1n) is 28.9. The minimum absolute atomic E-state index is 0.00118. The van der Waals surface area contributed by atoms with Crippen LogP contribution in [-0.4, -0.2) is 161 Å². The summed E-state index contributed by atoms with van der Waals surface area (Å²) in [6.45, 7) is 6.91. The molecule has 6 aromatic carbocycles. The number of hydrogen-bond donors (Lipinski definition) is 2. The minimum atomic E-state index is -3.54. The Kier molecular flexibility index (Phi) is 27.7. The third-order valence-corrected chi connectivity index (χ3v) is 16.1. The molecule has 0 spiro atoms. The molecule has 0 aliphatic heterocycles. The SMILES string of the molecule is CCOc1ccc(-n2c(C(CCN)N(CCN(C)C)C(=O)Cc3ccc(Cl)c(Cl)c3)nc3ccccc3c2=O)cc1.CCOc1ccc(-n2c(C(CCNS(C)(=O)=O)N(CCN(C)C)C(=O)Cc3ccc(Cl)c(Cl)c3)nc3ccccc3c2=O)cc1.CS(=O)(=O)Cl. The molecule has 2 unspecified atom stereocenters. The summed E-state index contributed by atoms with van der Waals surface area (Å²) in [6.07, 6.45) is 2.66. The predicted molar refractivity (Wildman–Crippen MR) is 365 cm³/mol. The fraction of sp³-hybridized carbons (Fsp3) is 0.344. The Morgan fingerprint density at radius 2 is 0.934 bits per heavy atom. The van der Waals surface area contributed by atoms with E-state index in [9.17, 15) is 36.0 Å². The van der Waals surface area contributed by atoms with Crippen molar-refractivity contribution >= 4 is 110 Å². The van der Waals surface area contributed by atoms with Crippen molar-refractivity contribution in [1.82, 2.24) is 43.4 Å². The number of rotatable bonds is 26. The molecule has 0 fully saturated rings. The molecule has 8 aromatic rings. The normalized spacial score (nSPS) is 12.2. The van der Waals surface area contributed by atoms with Crippen LogP contribution in [0.2, 0.25) is 20.1 Å². The average molecular weight is 1390 g/mol. The number of carbonyl (C=O) groups is 2. The van der Waals surface area contributed by atoms with Gasteiger partial charge in [-0.15, -0.1) is 0 Å². The number of nitrogens with two attached hydrogens (primary N) is 1. The van der Waals surface area contributed by atoms with Crippen LogP contribution in [0.3, 0.4) is 0 Å². The van der Waals surface area contributed by atoms with Gasteiger partial charge in [-0.05, 0) is 170 Å². The molecular formula is C64H75Cl5N10O10S2. The van der Waals surface area contributed by atoms with E-state index in [1.54, 1.807) is 105 Å². The Balaban J connectivity index is 0.000000270. The largest absolute Gasteiger partial charge is 0.494 e. The van der Waals surface area contributed by atoms with Crippen LogP contribution in [0.1, 0.15) is 61.5 Å². The number of nitrogens with one attached hydrogen (secondary N) is 1. The third kappa shape index (κ3) is 21.7. The van der Waals surface area contributed by atoms with Gasteiger partial charge < -0.3 is 34.8 Å². The molecule has 8 rings (SSSR count). The molecule has 0 saturated carbocycles. The molecule has 20 nitrogen and oxygen atoms in total. The molecular weight excluding hydrogens is 1310 g/mol. The first-order chi connectivity index (χ1) is 43.1. The Morgan fingerprint density at radius 1 is 0.560 bits per heavy atom. The lowest BCUT2D eigenvalue weighted by Crippen LogP contribution is -2.43. The van der Waals surface area contributed by atoms with Crippen molar-refractivity contribution in [3.63, 3.8) is 0 Å². The van der Waals surface area contributed by atoms with Crippen molar-refractivity contribution in [3.05, 3.63) is 197 Å². The van der Waals surface area contributed by atoms with E-state index < -0.39 is 31.2 Å². The Labute approximate surface area is 555 Å². The van der Waals surface area contributed by atoms with Crippen LogP contribution < -0.4 is 31.0 Å². The number of ether oxygens (including phenoxy) is 2. The molecule has 2 amide bonds. The van der Waals surface area contributed by atoms with Crippen LogP contribution in [-0.2, 0) is 41.5 Å². The van der Waals surface area contributed by atoms with Crippen molar-refractivity contribution in [2.24, 2.45) is 5.73 Å².